The van der Waals surface area contributed by atoms with E-state index in [2.05, 4.69) is 4.84 Å². The number of aliphatic hydroxyl groups is 4. The van der Waals surface area contributed by atoms with Gasteiger partial charge in [-0.15, -0.1) is 10.1 Å². The minimum Gasteiger partial charge on any atom is -0.388 e. The van der Waals surface area contributed by atoms with Crippen molar-refractivity contribution in [3.63, 3.8) is 0 Å². The Balaban J connectivity index is 4.37. The number of rotatable bonds is 7. The second-order valence-electron chi connectivity index (χ2n) is 3.03. The largest absolute Gasteiger partial charge is 0.388 e. The highest BCUT2D eigenvalue weighted by atomic mass is 17.0. The van der Waals surface area contributed by atoms with Crippen molar-refractivity contribution in [2.45, 2.75) is 24.0 Å². The van der Waals surface area contributed by atoms with Gasteiger partial charge in [-0.05, 0) is 0 Å². The van der Waals surface area contributed by atoms with E-state index in [1.807, 2.05) is 0 Å². The lowest BCUT2D eigenvalue weighted by Gasteiger charge is -2.29. The first-order chi connectivity index (χ1) is 7.22. The number of aliphatic hydroxyl groups excluding tert-OH is 3. The molecule has 0 rings (SSSR count). The van der Waals surface area contributed by atoms with Crippen molar-refractivity contribution in [1.82, 2.24) is 0 Å². The first-order valence-electron chi connectivity index (χ1n) is 4.01. The van der Waals surface area contributed by atoms with E-state index in [1.165, 1.54) is 0 Å². The summed E-state index contributed by atoms with van der Waals surface area (Å²) in [7, 11) is 0. The number of hydrogen-bond acceptors (Lipinski definition) is 9. The summed E-state index contributed by atoms with van der Waals surface area (Å²) in [6, 6.07) is 0. The SMILES string of the molecule is N[C@](O)(C=O)[C@@H](O)[C@H](O)[C@H](O)CO[N+](=O)[O-]. The maximum Gasteiger partial charge on any atom is 0.294 e. The minimum absolute atomic E-state index is 0.248. The van der Waals surface area contributed by atoms with E-state index in [0.29, 0.717) is 0 Å². The van der Waals surface area contributed by atoms with E-state index < -0.39 is 35.7 Å². The average Bonchev–Trinajstić information content (AvgIpc) is 2.23. The third kappa shape index (κ3) is 4.04. The molecule has 0 aliphatic carbocycles. The summed E-state index contributed by atoms with van der Waals surface area (Å²) in [5.41, 5.74) is 2.08. The zero-order valence-electron chi connectivity index (χ0n) is 7.96. The highest BCUT2D eigenvalue weighted by Gasteiger charge is 2.39. The predicted octanol–water partition coefficient (Wildman–Crippen LogP) is -3.88. The summed E-state index contributed by atoms with van der Waals surface area (Å²) >= 11 is 0. The molecule has 0 aromatic heterocycles. The standard InChI is InChI=1S/C6H12N2O8/c7-6(13,2-9)5(12)4(11)3(10)1-16-8(14)15/h2-5,10-13H,1,7H2/t3-,4-,5+,6+/m1/s1. The smallest absolute Gasteiger partial charge is 0.294 e. The Bertz CT molecular complexity index is 257. The first kappa shape index (κ1) is 14.7. The van der Waals surface area contributed by atoms with E-state index in [4.69, 9.17) is 26.2 Å². The maximum absolute atomic E-state index is 10.2. The number of carbonyl (C=O) groups is 1. The lowest BCUT2D eigenvalue weighted by Crippen LogP contribution is -2.60. The molecule has 0 aliphatic heterocycles. The molecule has 6 N–H and O–H groups in total. The summed E-state index contributed by atoms with van der Waals surface area (Å²) in [6.07, 6.45) is -6.44. The molecule has 0 saturated heterocycles. The summed E-state index contributed by atoms with van der Waals surface area (Å²) in [6.45, 7) is -0.944. The Morgan fingerprint density at radius 1 is 1.50 bits per heavy atom. The van der Waals surface area contributed by atoms with Gasteiger partial charge in [-0.3, -0.25) is 10.5 Å². The van der Waals surface area contributed by atoms with Crippen LogP contribution in [-0.4, -0.2) is 62.4 Å². The topological polar surface area (TPSA) is 176 Å². The van der Waals surface area contributed by atoms with Gasteiger partial charge in [0.2, 0.25) is 0 Å². The van der Waals surface area contributed by atoms with Gasteiger partial charge in [-0.25, -0.2) is 0 Å². The van der Waals surface area contributed by atoms with E-state index in [9.17, 15) is 14.9 Å². The second-order valence-corrected chi connectivity index (χ2v) is 3.03. The summed E-state index contributed by atoms with van der Waals surface area (Å²) < 4.78 is 0. The Hall–Kier alpha value is -1.33. The molecule has 94 valence electrons. The van der Waals surface area contributed by atoms with Gasteiger partial charge >= 0.3 is 0 Å². The highest BCUT2D eigenvalue weighted by molar-refractivity contribution is 5.62. The summed E-state index contributed by atoms with van der Waals surface area (Å²) in [4.78, 5) is 23.7. The van der Waals surface area contributed by atoms with Crippen LogP contribution in [0.4, 0.5) is 0 Å². The van der Waals surface area contributed by atoms with Crippen LogP contribution >= 0.6 is 0 Å². The molecule has 0 bridgehead atoms. The van der Waals surface area contributed by atoms with Crippen molar-refractivity contribution in [2.75, 3.05) is 6.61 Å². The number of nitrogens with zero attached hydrogens (tertiary/aromatic N) is 1. The first-order valence-corrected chi connectivity index (χ1v) is 4.01. The quantitative estimate of drug-likeness (QED) is 0.129. The van der Waals surface area contributed by atoms with Crippen LogP contribution in [0.1, 0.15) is 0 Å². The third-order valence-electron chi connectivity index (χ3n) is 1.73. The molecular formula is C6H12N2O8. The summed E-state index contributed by atoms with van der Waals surface area (Å²) in [5.74, 6) is 0. The van der Waals surface area contributed by atoms with Gasteiger partial charge in [0.15, 0.2) is 12.0 Å². The molecule has 0 amide bonds. The van der Waals surface area contributed by atoms with Crippen molar-refractivity contribution in [3.8, 4) is 0 Å². The lowest BCUT2D eigenvalue weighted by atomic mass is 10.00. The second kappa shape index (κ2) is 5.67. The van der Waals surface area contributed by atoms with Gasteiger partial charge in [-0.2, -0.15) is 0 Å². The Morgan fingerprint density at radius 3 is 2.38 bits per heavy atom. The van der Waals surface area contributed by atoms with E-state index in [1.54, 1.807) is 0 Å². The van der Waals surface area contributed by atoms with Crippen molar-refractivity contribution in [2.24, 2.45) is 5.73 Å². The van der Waals surface area contributed by atoms with Gasteiger partial charge in [-0.1, -0.05) is 0 Å². The molecule has 0 aromatic rings. The van der Waals surface area contributed by atoms with E-state index in [0.717, 1.165) is 0 Å². The van der Waals surface area contributed by atoms with Crippen LogP contribution in [0.15, 0.2) is 0 Å². The van der Waals surface area contributed by atoms with Crippen molar-refractivity contribution < 1.29 is 35.1 Å². The zero-order chi connectivity index (χ0) is 12.9. The molecule has 0 unspecified atom stereocenters. The molecule has 4 atom stereocenters. The summed E-state index contributed by atoms with van der Waals surface area (Å²) in [5, 5.41) is 44.9. The molecule has 0 aromatic carbocycles. The van der Waals surface area contributed by atoms with Gasteiger partial charge in [0, 0.05) is 0 Å². The van der Waals surface area contributed by atoms with Crippen LogP contribution in [0.3, 0.4) is 0 Å². The number of nitrogens with two attached hydrogens (primary N) is 1. The van der Waals surface area contributed by atoms with Gasteiger partial charge in [0.05, 0.1) is 0 Å². The number of carbonyl (C=O) groups excluding carboxylic acids is 1. The molecule has 0 aliphatic rings. The molecule has 0 radical (unpaired) electrons. The molecule has 0 spiro atoms. The molecule has 0 saturated carbocycles. The lowest BCUT2D eigenvalue weighted by molar-refractivity contribution is -0.759. The van der Waals surface area contributed by atoms with Crippen molar-refractivity contribution in [1.29, 1.82) is 0 Å². The van der Waals surface area contributed by atoms with Crippen molar-refractivity contribution in [3.05, 3.63) is 10.1 Å². The highest BCUT2D eigenvalue weighted by Crippen LogP contribution is 2.09. The fraction of sp³-hybridized carbons (Fsp3) is 0.833. The molecule has 10 heteroatoms. The Morgan fingerprint density at radius 2 is 2.00 bits per heavy atom. The average molecular weight is 240 g/mol. The van der Waals surface area contributed by atoms with Crippen LogP contribution in [0, 0.1) is 10.1 Å². The normalized spacial score (nSPS) is 20.3. The molecule has 0 fully saturated rings. The Labute approximate surface area is 89.0 Å². The van der Waals surface area contributed by atoms with Gasteiger partial charge in [0.1, 0.15) is 24.9 Å². The van der Waals surface area contributed by atoms with Crippen LogP contribution < -0.4 is 5.73 Å². The number of hydrogen-bond donors (Lipinski definition) is 5. The zero-order valence-corrected chi connectivity index (χ0v) is 7.96. The van der Waals surface area contributed by atoms with Gasteiger partial charge in [0.25, 0.3) is 5.09 Å². The van der Waals surface area contributed by atoms with Crippen LogP contribution in [-0.2, 0) is 9.63 Å². The van der Waals surface area contributed by atoms with Gasteiger partial charge < -0.3 is 25.3 Å². The number of aldehydes is 1. The fourth-order valence-electron chi connectivity index (χ4n) is 0.789. The fourth-order valence-corrected chi connectivity index (χ4v) is 0.789. The molecular weight excluding hydrogens is 228 g/mol. The molecule has 0 heterocycles. The van der Waals surface area contributed by atoms with E-state index >= 15 is 0 Å². The van der Waals surface area contributed by atoms with E-state index in [-0.39, 0.29) is 6.29 Å². The van der Waals surface area contributed by atoms with Crippen molar-refractivity contribution >= 4 is 6.29 Å². The third-order valence-corrected chi connectivity index (χ3v) is 1.73. The predicted molar refractivity (Wildman–Crippen MR) is 46.2 cm³/mol. The monoisotopic (exact) mass is 240 g/mol. The maximum atomic E-state index is 10.2. The van der Waals surface area contributed by atoms with Crippen LogP contribution in [0.5, 0.6) is 0 Å². The van der Waals surface area contributed by atoms with Crippen LogP contribution in [0.2, 0.25) is 0 Å². The Kier molecular flexibility index (Phi) is 5.20. The molecule has 10 nitrogen and oxygen atoms in total. The van der Waals surface area contributed by atoms with Crippen LogP contribution in [0.25, 0.3) is 0 Å². The minimum atomic E-state index is -2.77. The molecule has 16 heavy (non-hydrogen) atoms.